The Morgan fingerprint density at radius 2 is 1.88 bits per heavy atom. The lowest BCUT2D eigenvalue weighted by Gasteiger charge is -2.19. The quantitative estimate of drug-likeness (QED) is 0.799. The predicted molar refractivity (Wildman–Crippen MR) is 72.0 cm³/mol. The summed E-state index contributed by atoms with van der Waals surface area (Å²) in [7, 11) is 0. The van der Waals surface area contributed by atoms with Gasteiger partial charge in [0, 0.05) is 5.92 Å². The van der Waals surface area contributed by atoms with Crippen molar-refractivity contribution in [2.24, 2.45) is 11.7 Å². The molecule has 0 aliphatic rings. The summed E-state index contributed by atoms with van der Waals surface area (Å²) in [6.07, 6.45) is 0. The van der Waals surface area contributed by atoms with Crippen LogP contribution in [-0.2, 0) is 0 Å². The fourth-order valence-electron chi connectivity index (χ4n) is 1.57. The first kappa shape index (κ1) is 13.0. The van der Waals surface area contributed by atoms with Crippen molar-refractivity contribution in [3.05, 3.63) is 29.8 Å². The zero-order valence-electron chi connectivity index (χ0n) is 10.1. The SMILES string of the molecule is CCOc1ccc(C(C)C(C)C(N)=S)cc1. The van der Waals surface area contributed by atoms with E-state index in [2.05, 4.69) is 26.0 Å². The average molecular weight is 237 g/mol. The Labute approximate surface area is 103 Å². The molecule has 3 heteroatoms. The molecule has 2 nitrogen and oxygen atoms in total. The van der Waals surface area contributed by atoms with Gasteiger partial charge in [0.2, 0.25) is 0 Å². The number of thiocarbonyl (C=S) groups is 1. The van der Waals surface area contributed by atoms with Crippen LogP contribution >= 0.6 is 12.2 Å². The van der Waals surface area contributed by atoms with Gasteiger partial charge in [-0.1, -0.05) is 38.2 Å². The van der Waals surface area contributed by atoms with Crippen molar-refractivity contribution in [1.29, 1.82) is 0 Å². The topological polar surface area (TPSA) is 35.2 Å². The fraction of sp³-hybridized carbons (Fsp3) is 0.462. The second-order valence-corrected chi connectivity index (χ2v) is 4.45. The maximum absolute atomic E-state index is 5.66. The lowest BCUT2D eigenvalue weighted by atomic mass is 9.89. The molecule has 0 heterocycles. The van der Waals surface area contributed by atoms with Gasteiger partial charge in [-0.05, 0) is 30.5 Å². The number of hydrogen-bond donors (Lipinski definition) is 1. The highest BCUT2D eigenvalue weighted by atomic mass is 32.1. The molecule has 88 valence electrons. The standard InChI is InChI=1S/C13H19NOS/c1-4-15-12-7-5-11(6-8-12)9(2)10(3)13(14)16/h5-10H,4H2,1-3H3,(H2,14,16). The van der Waals surface area contributed by atoms with Crippen molar-refractivity contribution in [1.82, 2.24) is 0 Å². The summed E-state index contributed by atoms with van der Waals surface area (Å²) in [4.78, 5) is 0.571. The van der Waals surface area contributed by atoms with E-state index in [0.717, 1.165) is 5.75 Å². The summed E-state index contributed by atoms with van der Waals surface area (Å²) in [6, 6.07) is 8.12. The van der Waals surface area contributed by atoms with Crippen LogP contribution in [-0.4, -0.2) is 11.6 Å². The second-order valence-electron chi connectivity index (χ2n) is 3.98. The van der Waals surface area contributed by atoms with Crippen LogP contribution in [0.15, 0.2) is 24.3 Å². The predicted octanol–water partition coefficient (Wildman–Crippen LogP) is 3.11. The molecule has 0 aliphatic heterocycles. The Bertz CT molecular complexity index is 347. The largest absolute Gasteiger partial charge is 0.494 e. The molecule has 2 unspecified atom stereocenters. The molecule has 0 fully saturated rings. The molecule has 0 radical (unpaired) electrons. The maximum Gasteiger partial charge on any atom is 0.119 e. The molecule has 0 amide bonds. The summed E-state index contributed by atoms with van der Waals surface area (Å²) in [5, 5.41) is 0. The van der Waals surface area contributed by atoms with E-state index in [9.17, 15) is 0 Å². The Morgan fingerprint density at radius 3 is 2.31 bits per heavy atom. The highest BCUT2D eigenvalue weighted by molar-refractivity contribution is 7.80. The summed E-state index contributed by atoms with van der Waals surface area (Å²) in [5.41, 5.74) is 6.90. The van der Waals surface area contributed by atoms with Gasteiger partial charge in [0.15, 0.2) is 0 Å². The van der Waals surface area contributed by atoms with E-state index in [4.69, 9.17) is 22.7 Å². The summed E-state index contributed by atoms with van der Waals surface area (Å²) in [6.45, 7) is 6.87. The minimum absolute atomic E-state index is 0.216. The summed E-state index contributed by atoms with van der Waals surface area (Å²) < 4.78 is 5.40. The Balaban J connectivity index is 2.77. The van der Waals surface area contributed by atoms with Crippen LogP contribution in [0.25, 0.3) is 0 Å². The summed E-state index contributed by atoms with van der Waals surface area (Å²) in [5.74, 6) is 1.46. The third kappa shape index (κ3) is 3.20. The first-order chi connectivity index (χ1) is 7.56. The van der Waals surface area contributed by atoms with Crippen molar-refractivity contribution in [3.8, 4) is 5.75 Å². The van der Waals surface area contributed by atoms with Gasteiger partial charge in [-0.15, -0.1) is 0 Å². The second kappa shape index (κ2) is 5.85. The van der Waals surface area contributed by atoms with Gasteiger partial charge in [0.25, 0.3) is 0 Å². The molecular formula is C13H19NOS. The normalized spacial score (nSPS) is 14.2. The van der Waals surface area contributed by atoms with Crippen molar-refractivity contribution in [2.45, 2.75) is 26.7 Å². The van der Waals surface area contributed by atoms with Crippen molar-refractivity contribution >= 4 is 17.2 Å². The van der Waals surface area contributed by atoms with E-state index < -0.39 is 0 Å². The van der Waals surface area contributed by atoms with E-state index in [-0.39, 0.29) is 5.92 Å². The smallest absolute Gasteiger partial charge is 0.119 e. The lowest BCUT2D eigenvalue weighted by molar-refractivity contribution is 0.340. The molecule has 2 atom stereocenters. The Hall–Kier alpha value is -1.09. The van der Waals surface area contributed by atoms with Gasteiger partial charge >= 0.3 is 0 Å². The maximum atomic E-state index is 5.66. The zero-order chi connectivity index (χ0) is 12.1. The van der Waals surface area contributed by atoms with Gasteiger partial charge in [-0.25, -0.2) is 0 Å². The average Bonchev–Trinajstić information content (AvgIpc) is 2.28. The number of rotatable bonds is 5. The molecule has 1 aromatic carbocycles. The number of nitrogens with two attached hydrogens (primary N) is 1. The van der Waals surface area contributed by atoms with Crippen LogP contribution in [0.4, 0.5) is 0 Å². The third-order valence-electron chi connectivity index (χ3n) is 2.92. The van der Waals surface area contributed by atoms with Gasteiger partial charge in [0.1, 0.15) is 5.75 Å². The highest BCUT2D eigenvalue weighted by Crippen LogP contribution is 2.25. The first-order valence-corrected chi connectivity index (χ1v) is 5.99. The number of ether oxygens (including phenoxy) is 1. The molecule has 0 aliphatic carbocycles. The molecule has 0 saturated heterocycles. The van der Waals surface area contributed by atoms with Gasteiger partial charge in [-0.3, -0.25) is 0 Å². The van der Waals surface area contributed by atoms with Crippen molar-refractivity contribution < 1.29 is 4.74 Å². The van der Waals surface area contributed by atoms with Gasteiger partial charge in [-0.2, -0.15) is 0 Å². The summed E-state index contributed by atoms with van der Waals surface area (Å²) >= 11 is 5.01. The molecule has 0 spiro atoms. The first-order valence-electron chi connectivity index (χ1n) is 5.58. The monoisotopic (exact) mass is 237 g/mol. The Kier molecular flexibility index (Phi) is 4.74. The van der Waals surface area contributed by atoms with Crippen LogP contribution in [0.3, 0.4) is 0 Å². The van der Waals surface area contributed by atoms with Crippen LogP contribution in [0.5, 0.6) is 5.75 Å². The third-order valence-corrected chi connectivity index (χ3v) is 3.29. The lowest BCUT2D eigenvalue weighted by Crippen LogP contribution is -2.23. The molecule has 1 rings (SSSR count). The fourth-order valence-corrected chi connectivity index (χ4v) is 1.77. The van der Waals surface area contributed by atoms with Gasteiger partial charge in [0.05, 0.1) is 11.6 Å². The van der Waals surface area contributed by atoms with Crippen LogP contribution in [0.1, 0.15) is 32.3 Å². The zero-order valence-corrected chi connectivity index (χ0v) is 10.9. The molecular weight excluding hydrogens is 218 g/mol. The molecule has 0 saturated carbocycles. The number of benzene rings is 1. The van der Waals surface area contributed by atoms with E-state index >= 15 is 0 Å². The molecule has 0 aromatic heterocycles. The number of hydrogen-bond acceptors (Lipinski definition) is 2. The molecule has 1 aromatic rings. The van der Waals surface area contributed by atoms with E-state index in [1.807, 2.05) is 19.1 Å². The van der Waals surface area contributed by atoms with E-state index in [1.165, 1.54) is 5.56 Å². The molecule has 16 heavy (non-hydrogen) atoms. The van der Waals surface area contributed by atoms with E-state index in [0.29, 0.717) is 17.5 Å². The Morgan fingerprint density at radius 1 is 1.31 bits per heavy atom. The van der Waals surface area contributed by atoms with Crippen molar-refractivity contribution in [2.75, 3.05) is 6.61 Å². The molecule has 0 bridgehead atoms. The highest BCUT2D eigenvalue weighted by Gasteiger charge is 2.16. The van der Waals surface area contributed by atoms with Crippen LogP contribution in [0.2, 0.25) is 0 Å². The minimum Gasteiger partial charge on any atom is -0.494 e. The minimum atomic E-state index is 0.216. The van der Waals surface area contributed by atoms with Crippen LogP contribution in [0, 0.1) is 5.92 Å². The molecule has 2 N–H and O–H groups in total. The van der Waals surface area contributed by atoms with Crippen molar-refractivity contribution in [3.63, 3.8) is 0 Å². The van der Waals surface area contributed by atoms with Crippen LogP contribution < -0.4 is 10.5 Å². The van der Waals surface area contributed by atoms with Gasteiger partial charge < -0.3 is 10.5 Å². The van der Waals surface area contributed by atoms with E-state index in [1.54, 1.807) is 0 Å².